The maximum atomic E-state index is 14.4. The van der Waals surface area contributed by atoms with Gasteiger partial charge in [0.1, 0.15) is 29.9 Å². The summed E-state index contributed by atoms with van der Waals surface area (Å²) < 4.78 is 0. The van der Waals surface area contributed by atoms with Crippen molar-refractivity contribution < 1.29 is 39.0 Å². The zero-order chi connectivity index (χ0) is 40.3. The third-order valence-corrected chi connectivity index (χ3v) is 10.3. The molecule has 7 rings (SSSR count). The van der Waals surface area contributed by atoms with Crippen molar-refractivity contribution in [2.75, 3.05) is 5.32 Å². The van der Waals surface area contributed by atoms with Crippen LogP contribution >= 0.6 is 11.3 Å². The number of thiophene rings is 1. The second kappa shape index (κ2) is 18.7. The molecule has 14 heteroatoms. The number of benzene rings is 4. The fraction of sp³-hybridized carbons (Fsp3) is 0.209. The Morgan fingerprint density at radius 1 is 0.614 bits per heavy atom. The van der Waals surface area contributed by atoms with Crippen LogP contribution < -0.4 is 26.6 Å². The molecule has 57 heavy (non-hydrogen) atoms. The lowest BCUT2D eigenvalue weighted by molar-refractivity contribution is -0.142. The van der Waals surface area contributed by atoms with Gasteiger partial charge in [0.05, 0.1) is 0 Å². The van der Waals surface area contributed by atoms with E-state index >= 15 is 0 Å². The fourth-order valence-electron chi connectivity index (χ4n) is 6.35. The fourth-order valence-corrected chi connectivity index (χ4v) is 7.12. The van der Waals surface area contributed by atoms with E-state index in [0.29, 0.717) is 27.3 Å². The van der Waals surface area contributed by atoms with Crippen LogP contribution in [0.15, 0.2) is 121 Å². The quantitative estimate of drug-likeness (QED) is 0.119. The van der Waals surface area contributed by atoms with Gasteiger partial charge in [-0.25, -0.2) is 4.79 Å². The molecule has 0 fully saturated rings. The first-order valence-corrected chi connectivity index (χ1v) is 19.2. The number of anilines is 1. The smallest absolute Gasteiger partial charge is 0.326 e. The predicted molar refractivity (Wildman–Crippen MR) is 214 cm³/mol. The van der Waals surface area contributed by atoms with Gasteiger partial charge in [-0.2, -0.15) is 0 Å². The molecular weight excluding hydrogens is 747 g/mol. The van der Waals surface area contributed by atoms with Crippen LogP contribution in [0.25, 0.3) is 11.1 Å². The van der Waals surface area contributed by atoms with E-state index in [4.69, 9.17) is 0 Å². The number of carboxylic acids is 1. The van der Waals surface area contributed by atoms with E-state index in [1.807, 2.05) is 54.6 Å². The third kappa shape index (κ3) is 11.1. The number of hydrogen-bond donors (Lipinski definition) is 7. The molecule has 0 spiro atoms. The molecule has 0 radical (unpaired) electrons. The van der Waals surface area contributed by atoms with Crippen LogP contribution in [0.5, 0.6) is 5.75 Å². The zero-order valence-corrected chi connectivity index (χ0v) is 31.5. The van der Waals surface area contributed by atoms with E-state index in [0.717, 1.165) is 11.1 Å². The van der Waals surface area contributed by atoms with Crippen LogP contribution in [0.3, 0.4) is 0 Å². The number of aromatic hydroxyl groups is 1. The molecule has 4 aromatic carbocycles. The maximum absolute atomic E-state index is 14.4. The van der Waals surface area contributed by atoms with Crippen molar-refractivity contribution >= 4 is 52.5 Å². The summed E-state index contributed by atoms with van der Waals surface area (Å²) in [5.41, 5.74) is 4.12. The van der Waals surface area contributed by atoms with Gasteiger partial charge in [0, 0.05) is 42.7 Å². The van der Waals surface area contributed by atoms with E-state index in [1.54, 1.807) is 53.9 Å². The molecular formula is C43H41N5O8S. The Hall–Kier alpha value is -6.80. The van der Waals surface area contributed by atoms with Crippen LogP contribution in [-0.2, 0) is 48.0 Å². The van der Waals surface area contributed by atoms with Crippen molar-refractivity contribution in [1.29, 1.82) is 0 Å². The average Bonchev–Trinajstić information content (AvgIpc) is 3.75. The number of phenolic OH excluding ortho intramolecular Hbond substituents is 1. The molecule has 7 N–H and O–H groups in total. The number of phenols is 1. The number of amides is 5. The summed E-state index contributed by atoms with van der Waals surface area (Å²) in [7, 11) is 0. The van der Waals surface area contributed by atoms with Gasteiger partial charge in [0.15, 0.2) is 0 Å². The minimum atomic E-state index is -1.39. The third-order valence-electron chi connectivity index (χ3n) is 9.41. The van der Waals surface area contributed by atoms with E-state index < -0.39 is 59.7 Å². The highest BCUT2D eigenvalue weighted by Gasteiger charge is 2.33. The first-order valence-electron chi connectivity index (χ1n) is 18.3. The molecule has 0 aliphatic carbocycles. The van der Waals surface area contributed by atoms with Crippen molar-refractivity contribution in [1.82, 2.24) is 21.3 Å². The minimum Gasteiger partial charge on any atom is -0.508 e. The summed E-state index contributed by atoms with van der Waals surface area (Å²) in [6.07, 6.45) is -0.634. The normalized spacial score (nSPS) is 19.9. The summed E-state index contributed by atoms with van der Waals surface area (Å²) in [6.45, 7) is 0. The standard InChI is InChI=1S/C43H41N5O8S/c49-32-18-12-28(13-19-32)24-33-41(53)47-35(43(55)56)25-27-10-16-31(17-11-27)44-37(50)20-21-38(51)48-39(36-7-4-22-57-36)42(54)46-34(40(52)45-33)23-26-8-14-30(15-9-26)29-5-2-1-3-6-29/h1-19,22,33-35,39,49H,20-21,23-25H2,(H,44,50)(H,45,52)(H,46,54)(H,47,53)(H,48,51)(H,55,56)/t33-,34-,35-,39?/m0/s1. The number of nitrogens with one attached hydrogen (secondary N) is 5. The Bertz CT molecular complexity index is 2200. The van der Waals surface area contributed by atoms with Gasteiger partial charge < -0.3 is 36.8 Å². The largest absolute Gasteiger partial charge is 0.508 e. The molecule has 4 atom stereocenters. The Balaban J connectivity index is 1.35. The monoisotopic (exact) mass is 787 g/mol. The number of rotatable bonds is 7. The Labute approximate surface area is 332 Å². The molecule has 0 saturated carbocycles. The van der Waals surface area contributed by atoms with Crippen LogP contribution in [0.1, 0.15) is 40.5 Å². The molecule has 5 aromatic rings. The number of carboxylic acid groups (broad SMARTS) is 1. The minimum absolute atomic E-state index is 0.0101. The molecule has 1 aromatic heterocycles. The SMILES string of the molecule is O=C1CCC(=O)NC(c2cccs2)C(=O)N[C@@H](Cc2ccc(-c3ccccc3)cc2)C(=O)N[C@@H](Cc2ccc(O)cc2)C(=O)N[C@H](C(=O)O)Cc2ccc(cc2)N1. The van der Waals surface area contributed by atoms with Gasteiger partial charge >= 0.3 is 5.97 Å². The van der Waals surface area contributed by atoms with Crippen molar-refractivity contribution in [2.24, 2.45) is 0 Å². The van der Waals surface area contributed by atoms with Gasteiger partial charge in [-0.05, 0) is 63.5 Å². The van der Waals surface area contributed by atoms with E-state index in [2.05, 4.69) is 26.6 Å². The molecule has 1 unspecified atom stereocenters. The highest BCUT2D eigenvalue weighted by molar-refractivity contribution is 7.10. The summed E-state index contributed by atoms with van der Waals surface area (Å²) >= 11 is 1.22. The van der Waals surface area contributed by atoms with Gasteiger partial charge in [-0.15, -0.1) is 11.3 Å². The first-order chi connectivity index (χ1) is 27.5. The van der Waals surface area contributed by atoms with Crippen molar-refractivity contribution in [3.8, 4) is 16.9 Å². The van der Waals surface area contributed by atoms with Crippen LogP contribution in [0.2, 0.25) is 0 Å². The Morgan fingerprint density at radius 2 is 1.19 bits per heavy atom. The van der Waals surface area contributed by atoms with Crippen molar-refractivity contribution in [3.63, 3.8) is 0 Å². The van der Waals surface area contributed by atoms with Gasteiger partial charge in [-0.3, -0.25) is 24.0 Å². The topological polar surface area (TPSA) is 203 Å². The maximum Gasteiger partial charge on any atom is 0.326 e. The lowest BCUT2D eigenvalue weighted by Gasteiger charge is -2.26. The molecule has 2 bridgehead atoms. The van der Waals surface area contributed by atoms with E-state index in [1.165, 1.54) is 23.5 Å². The lowest BCUT2D eigenvalue weighted by Crippen LogP contribution is -2.58. The molecule has 13 nitrogen and oxygen atoms in total. The summed E-state index contributed by atoms with van der Waals surface area (Å²) in [6, 6.07) is 27.7. The molecule has 292 valence electrons. The number of fused-ring (bicyclic) bond motifs is 18. The first kappa shape index (κ1) is 39.9. The molecule has 2 aliphatic rings. The van der Waals surface area contributed by atoms with Gasteiger partial charge in [0.25, 0.3) is 0 Å². The summed E-state index contributed by atoms with van der Waals surface area (Å²) in [5, 5.41) is 35.3. The van der Waals surface area contributed by atoms with Gasteiger partial charge in [0.2, 0.25) is 29.5 Å². The highest BCUT2D eigenvalue weighted by atomic mass is 32.1. The molecule has 0 saturated heterocycles. The number of carbonyl (C=O) groups is 6. The number of carbonyl (C=O) groups excluding carboxylic acids is 5. The lowest BCUT2D eigenvalue weighted by atomic mass is 9.99. The van der Waals surface area contributed by atoms with Gasteiger partial charge in [-0.1, -0.05) is 84.9 Å². The van der Waals surface area contributed by atoms with Crippen molar-refractivity contribution in [2.45, 2.75) is 56.3 Å². The number of hydrogen-bond acceptors (Lipinski definition) is 8. The average molecular weight is 788 g/mol. The predicted octanol–water partition coefficient (Wildman–Crippen LogP) is 4.28. The summed E-state index contributed by atoms with van der Waals surface area (Å²) in [5.74, 6) is -4.57. The Kier molecular flexibility index (Phi) is 13.1. The second-order valence-electron chi connectivity index (χ2n) is 13.6. The van der Waals surface area contributed by atoms with Crippen LogP contribution in [0.4, 0.5) is 5.69 Å². The molecule has 5 amide bonds. The van der Waals surface area contributed by atoms with Crippen LogP contribution in [-0.4, -0.2) is 63.8 Å². The molecule has 3 heterocycles. The molecule has 2 aliphatic heterocycles. The van der Waals surface area contributed by atoms with Crippen LogP contribution in [0, 0.1) is 0 Å². The van der Waals surface area contributed by atoms with Crippen molar-refractivity contribution in [3.05, 3.63) is 142 Å². The second-order valence-corrected chi connectivity index (χ2v) is 14.6. The summed E-state index contributed by atoms with van der Waals surface area (Å²) in [4.78, 5) is 81.4. The number of aliphatic carboxylic acids is 1. The zero-order valence-electron chi connectivity index (χ0n) is 30.6. The Morgan fingerprint density at radius 3 is 1.81 bits per heavy atom. The van der Waals surface area contributed by atoms with E-state index in [9.17, 15) is 39.0 Å². The highest BCUT2D eigenvalue weighted by Crippen LogP contribution is 2.23. The van der Waals surface area contributed by atoms with E-state index in [-0.39, 0.29) is 37.9 Å².